The van der Waals surface area contributed by atoms with E-state index in [9.17, 15) is 9.59 Å². The van der Waals surface area contributed by atoms with Crippen molar-refractivity contribution in [2.24, 2.45) is 0 Å². The van der Waals surface area contributed by atoms with Gasteiger partial charge in [-0.05, 0) is 20.5 Å². The van der Waals surface area contributed by atoms with E-state index in [0.29, 0.717) is 6.54 Å². The van der Waals surface area contributed by atoms with Gasteiger partial charge < -0.3 is 10.6 Å². The third-order valence-electron chi connectivity index (χ3n) is 1.95. The fourth-order valence-corrected chi connectivity index (χ4v) is 1.08. The van der Waals surface area contributed by atoms with Gasteiger partial charge in [-0.15, -0.1) is 0 Å². The molecule has 0 heterocycles. The van der Waals surface area contributed by atoms with Gasteiger partial charge >= 0.3 is 6.03 Å². The summed E-state index contributed by atoms with van der Waals surface area (Å²) >= 11 is 0. The number of amides is 3. The van der Waals surface area contributed by atoms with Gasteiger partial charge in [0.05, 0.1) is 6.54 Å². The van der Waals surface area contributed by atoms with E-state index >= 15 is 0 Å². The van der Waals surface area contributed by atoms with Gasteiger partial charge in [-0.3, -0.25) is 15.0 Å². The van der Waals surface area contributed by atoms with Crippen LogP contribution >= 0.6 is 0 Å². The van der Waals surface area contributed by atoms with E-state index in [4.69, 9.17) is 0 Å². The number of imide groups is 1. The summed E-state index contributed by atoms with van der Waals surface area (Å²) in [5, 5.41) is 7.84. The van der Waals surface area contributed by atoms with Crippen LogP contribution in [-0.2, 0) is 4.79 Å². The van der Waals surface area contributed by atoms with Crippen molar-refractivity contribution in [3.05, 3.63) is 0 Å². The largest absolute Gasteiger partial charge is 0.338 e. The summed E-state index contributed by atoms with van der Waals surface area (Å²) in [6, 6.07) is -0.422. The van der Waals surface area contributed by atoms with E-state index in [1.807, 2.05) is 25.9 Å². The second-order valence-corrected chi connectivity index (χ2v) is 3.65. The summed E-state index contributed by atoms with van der Waals surface area (Å²) in [7, 11) is 3.69. The maximum absolute atomic E-state index is 11.4. The van der Waals surface area contributed by atoms with Crippen LogP contribution in [0.1, 0.15) is 13.3 Å². The number of urea groups is 1. The van der Waals surface area contributed by atoms with Crippen molar-refractivity contribution in [2.75, 3.05) is 40.3 Å². The maximum atomic E-state index is 11.4. The van der Waals surface area contributed by atoms with Crippen LogP contribution < -0.4 is 16.0 Å². The molecule has 0 aromatic rings. The molecule has 0 atom stereocenters. The summed E-state index contributed by atoms with van der Waals surface area (Å²) in [5.74, 6) is -0.285. The highest BCUT2D eigenvalue weighted by Crippen LogP contribution is 1.81. The standard InChI is InChI=1S/C10H22N4O2/c1-4-5-12-10(16)13-9(15)8-14(3)7-6-11-2/h11H,4-8H2,1-3H3,(H2,12,13,15,16). The molecular weight excluding hydrogens is 208 g/mol. The molecule has 94 valence electrons. The minimum absolute atomic E-state index is 0.223. The van der Waals surface area contributed by atoms with Gasteiger partial charge in [0.25, 0.3) is 0 Å². The van der Waals surface area contributed by atoms with Crippen molar-refractivity contribution in [3.63, 3.8) is 0 Å². The number of nitrogens with one attached hydrogen (secondary N) is 3. The van der Waals surface area contributed by atoms with Crippen molar-refractivity contribution in [1.29, 1.82) is 0 Å². The Kier molecular flexibility index (Phi) is 8.46. The van der Waals surface area contributed by atoms with E-state index in [1.54, 1.807) is 0 Å². The summed E-state index contributed by atoms with van der Waals surface area (Å²) in [6.07, 6.45) is 0.851. The highest BCUT2D eigenvalue weighted by molar-refractivity contribution is 5.95. The van der Waals surface area contributed by atoms with Gasteiger partial charge in [0.1, 0.15) is 0 Å². The van der Waals surface area contributed by atoms with Crippen LogP contribution in [0.4, 0.5) is 4.79 Å². The summed E-state index contributed by atoms with van der Waals surface area (Å²) in [4.78, 5) is 24.3. The van der Waals surface area contributed by atoms with Crippen LogP contribution in [0, 0.1) is 0 Å². The topological polar surface area (TPSA) is 73.5 Å². The first kappa shape index (κ1) is 14.9. The third-order valence-corrected chi connectivity index (χ3v) is 1.95. The van der Waals surface area contributed by atoms with Crippen LogP contribution in [0.25, 0.3) is 0 Å². The van der Waals surface area contributed by atoms with E-state index in [0.717, 1.165) is 19.5 Å². The lowest BCUT2D eigenvalue weighted by Crippen LogP contribution is -2.44. The molecule has 0 spiro atoms. The average molecular weight is 230 g/mol. The minimum Gasteiger partial charge on any atom is -0.338 e. The predicted octanol–water partition coefficient (Wildman–Crippen LogP) is -0.627. The van der Waals surface area contributed by atoms with Crippen molar-refractivity contribution in [3.8, 4) is 0 Å². The van der Waals surface area contributed by atoms with Crippen LogP contribution in [0.2, 0.25) is 0 Å². The van der Waals surface area contributed by atoms with Gasteiger partial charge in [0.2, 0.25) is 5.91 Å². The number of carbonyl (C=O) groups excluding carboxylic acids is 2. The number of rotatable bonds is 7. The van der Waals surface area contributed by atoms with Crippen LogP contribution in [0.3, 0.4) is 0 Å². The Bertz CT molecular complexity index is 221. The number of hydrogen-bond donors (Lipinski definition) is 3. The molecule has 0 rings (SSSR count). The molecule has 0 aliphatic rings. The molecule has 0 aliphatic heterocycles. The van der Waals surface area contributed by atoms with E-state index in [2.05, 4.69) is 16.0 Å². The molecular formula is C10H22N4O2. The summed E-state index contributed by atoms with van der Waals surface area (Å²) < 4.78 is 0. The molecule has 0 aromatic heterocycles. The second-order valence-electron chi connectivity index (χ2n) is 3.65. The van der Waals surface area contributed by atoms with Crippen LogP contribution in [0.15, 0.2) is 0 Å². The minimum atomic E-state index is -0.422. The van der Waals surface area contributed by atoms with Crippen LogP contribution in [-0.4, -0.2) is 57.1 Å². The van der Waals surface area contributed by atoms with E-state index in [1.165, 1.54) is 0 Å². The normalized spacial score (nSPS) is 10.2. The Morgan fingerprint density at radius 2 is 1.94 bits per heavy atom. The number of likely N-dealkylation sites (N-methyl/N-ethyl adjacent to an activating group) is 2. The lowest BCUT2D eigenvalue weighted by atomic mass is 10.4. The Morgan fingerprint density at radius 3 is 2.50 bits per heavy atom. The zero-order chi connectivity index (χ0) is 12.4. The van der Waals surface area contributed by atoms with Crippen molar-refractivity contribution < 1.29 is 9.59 Å². The molecule has 0 saturated carbocycles. The fraction of sp³-hybridized carbons (Fsp3) is 0.800. The highest BCUT2D eigenvalue weighted by atomic mass is 16.2. The van der Waals surface area contributed by atoms with Crippen LogP contribution in [0.5, 0.6) is 0 Å². The van der Waals surface area contributed by atoms with Gasteiger partial charge in [-0.25, -0.2) is 4.79 Å². The Balaban J connectivity index is 3.67. The molecule has 6 heteroatoms. The number of carbonyl (C=O) groups is 2. The third kappa shape index (κ3) is 8.19. The first-order chi connectivity index (χ1) is 7.60. The molecule has 0 saturated heterocycles. The zero-order valence-corrected chi connectivity index (χ0v) is 10.3. The monoisotopic (exact) mass is 230 g/mol. The quantitative estimate of drug-likeness (QED) is 0.544. The second kappa shape index (κ2) is 9.11. The first-order valence-electron chi connectivity index (χ1n) is 5.51. The molecule has 0 aromatic carbocycles. The molecule has 0 bridgehead atoms. The Morgan fingerprint density at radius 1 is 1.25 bits per heavy atom. The molecule has 6 nitrogen and oxygen atoms in total. The summed E-state index contributed by atoms with van der Waals surface area (Å²) in [5.41, 5.74) is 0. The Labute approximate surface area is 96.8 Å². The van der Waals surface area contributed by atoms with Gasteiger partial charge in [0, 0.05) is 19.6 Å². The number of nitrogens with zero attached hydrogens (tertiary/aromatic N) is 1. The molecule has 3 amide bonds. The maximum Gasteiger partial charge on any atom is 0.321 e. The molecule has 0 unspecified atom stereocenters. The first-order valence-corrected chi connectivity index (χ1v) is 5.51. The van der Waals surface area contributed by atoms with Crippen molar-refractivity contribution in [1.82, 2.24) is 20.9 Å². The molecule has 0 fully saturated rings. The fourth-order valence-electron chi connectivity index (χ4n) is 1.08. The summed E-state index contributed by atoms with van der Waals surface area (Å²) in [6.45, 7) is 4.33. The van der Waals surface area contributed by atoms with E-state index < -0.39 is 6.03 Å². The number of hydrogen-bond acceptors (Lipinski definition) is 4. The zero-order valence-electron chi connectivity index (χ0n) is 10.3. The van der Waals surface area contributed by atoms with Crippen molar-refractivity contribution >= 4 is 11.9 Å². The SMILES string of the molecule is CCCNC(=O)NC(=O)CN(C)CCNC. The molecule has 16 heavy (non-hydrogen) atoms. The molecule has 0 radical (unpaired) electrons. The van der Waals surface area contributed by atoms with Gasteiger partial charge in [-0.1, -0.05) is 6.92 Å². The highest BCUT2D eigenvalue weighted by Gasteiger charge is 2.09. The lowest BCUT2D eigenvalue weighted by Gasteiger charge is -2.15. The van der Waals surface area contributed by atoms with Crippen molar-refractivity contribution in [2.45, 2.75) is 13.3 Å². The van der Waals surface area contributed by atoms with E-state index in [-0.39, 0.29) is 12.5 Å². The molecule has 0 aliphatic carbocycles. The molecule has 3 N–H and O–H groups in total. The average Bonchev–Trinajstić information content (AvgIpc) is 2.23. The Hall–Kier alpha value is -1.14. The van der Waals surface area contributed by atoms with Gasteiger partial charge in [-0.2, -0.15) is 0 Å². The predicted molar refractivity (Wildman–Crippen MR) is 63.3 cm³/mol. The lowest BCUT2D eigenvalue weighted by molar-refractivity contribution is -0.120. The van der Waals surface area contributed by atoms with Gasteiger partial charge in [0.15, 0.2) is 0 Å². The smallest absolute Gasteiger partial charge is 0.321 e.